The number of nitrogens with zero attached hydrogens (tertiary/aromatic N) is 2. The molecule has 1 atom stereocenters. The van der Waals surface area contributed by atoms with Gasteiger partial charge >= 0.3 is 6.09 Å². The average Bonchev–Trinajstić information content (AvgIpc) is 2.57. The molecule has 1 unspecified atom stereocenters. The van der Waals surface area contributed by atoms with Gasteiger partial charge in [-0.2, -0.15) is 0 Å². The van der Waals surface area contributed by atoms with Crippen LogP contribution in [0.25, 0.3) is 16.6 Å². The Labute approximate surface area is 148 Å². The third-order valence-electron chi connectivity index (χ3n) is 3.94. The smallest absolute Gasteiger partial charge is 0.405 e. The van der Waals surface area contributed by atoms with Gasteiger partial charge in [0.2, 0.25) is 0 Å². The summed E-state index contributed by atoms with van der Waals surface area (Å²) in [5.74, 6) is 0.302. The van der Waals surface area contributed by atoms with Crippen LogP contribution in [0.15, 0.2) is 47.3 Å². The number of benzene rings is 2. The lowest BCUT2D eigenvalue weighted by molar-refractivity contribution is 0.190. The summed E-state index contributed by atoms with van der Waals surface area (Å²) in [7, 11) is 0. The first kappa shape index (κ1) is 17.0. The van der Waals surface area contributed by atoms with E-state index in [1.165, 1.54) is 4.57 Å². The molecule has 0 aliphatic carbocycles. The molecule has 7 heteroatoms. The van der Waals surface area contributed by atoms with E-state index in [1.54, 1.807) is 43.3 Å². The molecule has 0 radical (unpaired) electrons. The number of aryl methyl sites for hydroxylation is 1. The Morgan fingerprint density at radius 2 is 1.92 bits per heavy atom. The summed E-state index contributed by atoms with van der Waals surface area (Å²) in [6.07, 6.45) is -1.19. The fraction of sp³-hybridized carbons (Fsp3) is 0.167. The Kier molecular flexibility index (Phi) is 4.46. The van der Waals surface area contributed by atoms with Gasteiger partial charge in [-0.05, 0) is 37.6 Å². The molecule has 1 amide bonds. The minimum absolute atomic E-state index is 0.302. The molecular formula is C18H16ClN3O3. The van der Waals surface area contributed by atoms with E-state index in [-0.39, 0.29) is 5.56 Å². The summed E-state index contributed by atoms with van der Waals surface area (Å²) in [6.45, 7) is 3.47. The number of para-hydroxylation sites is 1. The van der Waals surface area contributed by atoms with Crippen LogP contribution in [0.4, 0.5) is 4.79 Å². The van der Waals surface area contributed by atoms with Crippen LogP contribution in [-0.4, -0.2) is 20.8 Å². The standard InChI is InChI=1S/C18H16ClN3O3/c1-10-8-9-13(19)14-15(10)21-16(11(2)20-18(24)25)22(17(14)23)12-6-4-3-5-7-12/h3-9,11,20H,1-2H3,(H,24,25). The molecule has 1 aromatic heterocycles. The summed E-state index contributed by atoms with van der Waals surface area (Å²) < 4.78 is 1.40. The third kappa shape index (κ3) is 3.08. The van der Waals surface area contributed by atoms with E-state index in [9.17, 15) is 9.59 Å². The van der Waals surface area contributed by atoms with Crippen LogP contribution >= 0.6 is 11.6 Å². The molecular weight excluding hydrogens is 342 g/mol. The van der Waals surface area contributed by atoms with Crippen molar-refractivity contribution >= 4 is 28.6 Å². The van der Waals surface area contributed by atoms with Crippen LogP contribution < -0.4 is 10.9 Å². The molecule has 0 saturated carbocycles. The highest BCUT2D eigenvalue weighted by Crippen LogP contribution is 2.25. The Balaban J connectivity index is 2.41. The maximum absolute atomic E-state index is 13.2. The summed E-state index contributed by atoms with van der Waals surface area (Å²) in [5.41, 5.74) is 1.52. The topological polar surface area (TPSA) is 84.2 Å². The second-order valence-electron chi connectivity index (χ2n) is 5.71. The number of hydrogen-bond acceptors (Lipinski definition) is 3. The molecule has 128 valence electrons. The lowest BCUT2D eigenvalue weighted by atomic mass is 10.1. The molecule has 0 spiro atoms. The highest BCUT2D eigenvalue weighted by molar-refractivity contribution is 6.35. The Morgan fingerprint density at radius 3 is 2.56 bits per heavy atom. The van der Waals surface area contributed by atoms with E-state index in [0.29, 0.717) is 27.4 Å². The van der Waals surface area contributed by atoms with Crippen molar-refractivity contribution in [3.63, 3.8) is 0 Å². The van der Waals surface area contributed by atoms with Gasteiger partial charge in [0.25, 0.3) is 5.56 Å². The Morgan fingerprint density at radius 1 is 1.24 bits per heavy atom. The highest BCUT2D eigenvalue weighted by atomic mass is 35.5. The Hall–Kier alpha value is -2.86. The van der Waals surface area contributed by atoms with Gasteiger partial charge in [0.1, 0.15) is 5.82 Å². The van der Waals surface area contributed by atoms with Crippen molar-refractivity contribution in [2.75, 3.05) is 0 Å². The monoisotopic (exact) mass is 357 g/mol. The largest absolute Gasteiger partial charge is 0.465 e. The van der Waals surface area contributed by atoms with Crippen molar-refractivity contribution < 1.29 is 9.90 Å². The van der Waals surface area contributed by atoms with Crippen LogP contribution in [0.1, 0.15) is 24.4 Å². The number of nitrogens with one attached hydrogen (secondary N) is 1. The van der Waals surface area contributed by atoms with E-state index in [2.05, 4.69) is 10.3 Å². The second kappa shape index (κ2) is 6.57. The predicted molar refractivity (Wildman–Crippen MR) is 96.7 cm³/mol. The fourth-order valence-electron chi connectivity index (χ4n) is 2.77. The maximum atomic E-state index is 13.2. The van der Waals surface area contributed by atoms with Gasteiger partial charge in [0.05, 0.1) is 27.7 Å². The van der Waals surface area contributed by atoms with Gasteiger partial charge < -0.3 is 10.4 Å². The summed E-state index contributed by atoms with van der Waals surface area (Å²) in [5, 5.41) is 12.0. The van der Waals surface area contributed by atoms with Gasteiger partial charge in [-0.3, -0.25) is 9.36 Å². The van der Waals surface area contributed by atoms with Crippen molar-refractivity contribution in [1.82, 2.24) is 14.9 Å². The van der Waals surface area contributed by atoms with Crippen molar-refractivity contribution in [2.24, 2.45) is 0 Å². The number of fused-ring (bicyclic) bond motifs is 1. The van der Waals surface area contributed by atoms with Gasteiger partial charge in [0.15, 0.2) is 0 Å². The maximum Gasteiger partial charge on any atom is 0.405 e. The SMILES string of the molecule is Cc1ccc(Cl)c2c(=O)n(-c3ccccc3)c(C(C)NC(=O)O)nc12. The zero-order chi connectivity index (χ0) is 18.1. The minimum Gasteiger partial charge on any atom is -0.465 e. The lowest BCUT2D eigenvalue weighted by Crippen LogP contribution is -2.32. The number of carbonyl (C=O) groups is 1. The van der Waals surface area contributed by atoms with E-state index >= 15 is 0 Å². The first-order valence-corrected chi connectivity index (χ1v) is 8.04. The molecule has 2 N–H and O–H groups in total. The molecule has 1 heterocycles. The van der Waals surface area contributed by atoms with Crippen molar-refractivity contribution in [3.05, 3.63) is 69.2 Å². The van der Waals surface area contributed by atoms with E-state index in [0.717, 1.165) is 5.56 Å². The zero-order valence-corrected chi connectivity index (χ0v) is 14.4. The number of rotatable bonds is 3. The molecule has 25 heavy (non-hydrogen) atoms. The highest BCUT2D eigenvalue weighted by Gasteiger charge is 2.21. The summed E-state index contributed by atoms with van der Waals surface area (Å²) in [6, 6.07) is 11.7. The predicted octanol–water partition coefficient (Wildman–Crippen LogP) is 3.68. The molecule has 6 nitrogen and oxygen atoms in total. The Bertz CT molecular complexity index is 1020. The van der Waals surface area contributed by atoms with Gasteiger partial charge in [0, 0.05) is 0 Å². The molecule has 2 aromatic carbocycles. The number of halogens is 1. The summed E-state index contributed by atoms with van der Waals surface area (Å²) in [4.78, 5) is 28.8. The van der Waals surface area contributed by atoms with Gasteiger partial charge in [-0.25, -0.2) is 9.78 Å². The van der Waals surface area contributed by atoms with E-state index in [1.807, 2.05) is 13.0 Å². The number of carboxylic acid groups (broad SMARTS) is 1. The number of aromatic nitrogens is 2. The molecule has 3 rings (SSSR count). The van der Waals surface area contributed by atoms with Crippen LogP contribution in [0.3, 0.4) is 0 Å². The first-order valence-electron chi connectivity index (χ1n) is 7.66. The van der Waals surface area contributed by atoms with Gasteiger partial charge in [-0.1, -0.05) is 35.9 Å². The van der Waals surface area contributed by atoms with Crippen LogP contribution in [0.5, 0.6) is 0 Å². The van der Waals surface area contributed by atoms with Crippen LogP contribution in [0, 0.1) is 6.92 Å². The minimum atomic E-state index is -1.19. The normalized spacial score (nSPS) is 12.1. The molecule has 0 aliphatic rings. The van der Waals surface area contributed by atoms with Crippen molar-refractivity contribution in [1.29, 1.82) is 0 Å². The van der Waals surface area contributed by atoms with E-state index < -0.39 is 12.1 Å². The second-order valence-corrected chi connectivity index (χ2v) is 6.11. The lowest BCUT2D eigenvalue weighted by Gasteiger charge is -2.19. The van der Waals surface area contributed by atoms with Gasteiger partial charge in [-0.15, -0.1) is 0 Å². The van der Waals surface area contributed by atoms with Crippen molar-refractivity contribution in [3.8, 4) is 5.69 Å². The van der Waals surface area contributed by atoms with Crippen molar-refractivity contribution in [2.45, 2.75) is 19.9 Å². The number of hydrogen-bond donors (Lipinski definition) is 2. The fourth-order valence-corrected chi connectivity index (χ4v) is 3.00. The molecule has 0 fully saturated rings. The van der Waals surface area contributed by atoms with Crippen LogP contribution in [0.2, 0.25) is 5.02 Å². The average molecular weight is 358 g/mol. The molecule has 0 saturated heterocycles. The molecule has 3 aromatic rings. The quantitative estimate of drug-likeness (QED) is 0.749. The molecule has 0 aliphatic heterocycles. The van der Waals surface area contributed by atoms with Crippen LogP contribution in [-0.2, 0) is 0 Å². The summed E-state index contributed by atoms with van der Waals surface area (Å²) >= 11 is 6.25. The van der Waals surface area contributed by atoms with E-state index in [4.69, 9.17) is 16.7 Å². The first-order chi connectivity index (χ1) is 11.9. The third-order valence-corrected chi connectivity index (χ3v) is 4.26. The number of amides is 1. The zero-order valence-electron chi connectivity index (χ0n) is 13.7. The molecule has 0 bridgehead atoms.